The van der Waals surface area contributed by atoms with E-state index < -0.39 is 10.8 Å². The van der Waals surface area contributed by atoms with Crippen LogP contribution in [-0.4, -0.2) is 22.5 Å². The van der Waals surface area contributed by atoms with Crippen molar-refractivity contribution >= 4 is 10.8 Å². The van der Waals surface area contributed by atoms with Crippen LogP contribution in [0.2, 0.25) is 0 Å². The van der Waals surface area contributed by atoms with Gasteiger partial charge in [-0.15, -0.1) is 0 Å². The molecule has 2 atom stereocenters. The Morgan fingerprint density at radius 1 is 1.36 bits per heavy atom. The van der Waals surface area contributed by atoms with Gasteiger partial charge < -0.3 is 5.32 Å². The fourth-order valence-electron chi connectivity index (χ4n) is 1.57. The van der Waals surface area contributed by atoms with Gasteiger partial charge in [-0.1, -0.05) is 0 Å². The van der Waals surface area contributed by atoms with E-state index in [4.69, 9.17) is 0 Å². The molecule has 1 heterocycles. The molecule has 0 radical (unpaired) electrons. The van der Waals surface area contributed by atoms with E-state index in [0.717, 1.165) is 24.4 Å². The molecule has 1 N–H and O–H groups in total. The van der Waals surface area contributed by atoms with Crippen molar-refractivity contribution in [3.8, 4) is 0 Å². The SMILES string of the molecule is O=S(c1ccc(F)cc1)[C@H]1CCNC1. The average Bonchev–Trinajstić information content (AvgIpc) is 2.71. The topological polar surface area (TPSA) is 29.1 Å². The van der Waals surface area contributed by atoms with Crippen LogP contribution in [0.25, 0.3) is 0 Å². The molecule has 0 saturated carbocycles. The Bertz CT molecular complexity index is 332. The second-order valence-corrected chi connectivity index (χ2v) is 5.10. The van der Waals surface area contributed by atoms with Crippen molar-refractivity contribution in [3.05, 3.63) is 30.1 Å². The van der Waals surface area contributed by atoms with Crippen LogP contribution < -0.4 is 5.32 Å². The fourth-order valence-corrected chi connectivity index (χ4v) is 2.96. The molecular weight excluding hydrogens is 201 g/mol. The summed E-state index contributed by atoms with van der Waals surface area (Å²) in [4.78, 5) is 0.722. The van der Waals surface area contributed by atoms with Crippen LogP contribution in [0.4, 0.5) is 4.39 Å². The molecular formula is C10H12FNOS. The Labute approximate surface area is 85.0 Å². The maximum Gasteiger partial charge on any atom is 0.123 e. The first-order valence-corrected chi connectivity index (χ1v) is 5.85. The van der Waals surface area contributed by atoms with E-state index in [1.807, 2.05) is 0 Å². The molecule has 4 heteroatoms. The summed E-state index contributed by atoms with van der Waals surface area (Å²) in [5.74, 6) is -0.282. The second kappa shape index (κ2) is 4.19. The molecule has 1 saturated heterocycles. The van der Waals surface area contributed by atoms with Crippen molar-refractivity contribution in [2.24, 2.45) is 0 Å². The minimum Gasteiger partial charge on any atom is -0.315 e. The van der Waals surface area contributed by atoms with E-state index >= 15 is 0 Å². The molecule has 1 fully saturated rings. The third kappa shape index (κ3) is 2.01. The normalized spacial score (nSPS) is 23.6. The van der Waals surface area contributed by atoms with Crippen molar-refractivity contribution in [1.82, 2.24) is 5.32 Å². The Balaban J connectivity index is 2.14. The summed E-state index contributed by atoms with van der Waals surface area (Å²) < 4.78 is 24.5. The largest absolute Gasteiger partial charge is 0.315 e. The Hall–Kier alpha value is -0.740. The van der Waals surface area contributed by atoms with Crippen molar-refractivity contribution in [1.29, 1.82) is 0 Å². The van der Waals surface area contributed by atoms with Crippen LogP contribution in [-0.2, 0) is 10.8 Å². The minimum atomic E-state index is -0.996. The Morgan fingerprint density at radius 2 is 2.07 bits per heavy atom. The van der Waals surface area contributed by atoms with Gasteiger partial charge in [-0.2, -0.15) is 0 Å². The van der Waals surface area contributed by atoms with E-state index in [1.54, 1.807) is 12.1 Å². The van der Waals surface area contributed by atoms with Gasteiger partial charge in [0, 0.05) is 11.4 Å². The van der Waals surface area contributed by atoms with Gasteiger partial charge in [-0.3, -0.25) is 4.21 Å². The van der Waals surface area contributed by atoms with Gasteiger partial charge >= 0.3 is 0 Å². The molecule has 1 aromatic rings. The lowest BCUT2D eigenvalue weighted by Crippen LogP contribution is -2.18. The zero-order valence-electron chi connectivity index (χ0n) is 7.70. The first kappa shape index (κ1) is 9.80. The fraction of sp³-hybridized carbons (Fsp3) is 0.400. The first-order valence-electron chi connectivity index (χ1n) is 4.64. The van der Waals surface area contributed by atoms with Crippen LogP contribution in [0.1, 0.15) is 6.42 Å². The zero-order valence-corrected chi connectivity index (χ0v) is 8.52. The molecule has 14 heavy (non-hydrogen) atoms. The third-order valence-corrected chi connectivity index (χ3v) is 4.11. The zero-order chi connectivity index (χ0) is 9.97. The summed E-state index contributed by atoms with van der Waals surface area (Å²) in [6.45, 7) is 1.72. The molecule has 0 bridgehead atoms. The highest BCUT2D eigenvalue weighted by atomic mass is 32.2. The number of hydrogen-bond acceptors (Lipinski definition) is 2. The van der Waals surface area contributed by atoms with Crippen LogP contribution in [0.3, 0.4) is 0 Å². The summed E-state index contributed by atoms with van der Waals surface area (Å²) in [5, 5.41) is 3.35. The molecule has 76 valence electrons. The van der Waals surface area contributed by atoms with Crippen LogP contribution in [0.15, 0.2) is 29.2 Å². The van der Waals surface area contributed by atoms with Gasteiger partial charge in [0.05, 0.1) is 16.0 Å². The lowest BCUT2D eigenvalue weighted by atomic mass is 10.3. The lowest BCUT2D eigenvalue weighted by Gasteiger charge is -2.07. The van der Waals surface area contributed by atoms with E-state index in [1.165, 1.54) is 12.1 Å². The maximum absolute atomic E-state index is 12.6. The molecule has 2 rings (SSSR count). The third-order valence-electron chi connectivity index (χ3n) is 2.36. The van der Waals surface area contributed by atoms with Gasteiger partial charge in [-0.05, 0) is 37.2 Å². The molecule has 2 nitrogen and oxygen atoms in total. The van der Waals surface area contributed by atoms with Crippen molar-refractivity contribution in [2.45, 2.75) is 16.6 Å². The van der Waals surface area contributed by atoms with E-state index in [9.17, 15) is 8.60 Å². The molecule has 1 aliphatic heterocycles. The molecule has 1 aromatic carbocycles. The average molecular weight is 213 g/mol. The van der Waals surface area contributed by atoms with Gasteiger partial charge in [0.25, 0.3) is 0 Å². The number of benzene rings is 1. The van der Waals surface area contributed by atoms with E-state index in [2.05, 4.69) is 5.32 Å². The van der Waals surface area contributed by atoms with Crippen molar-refractivity contribution in [2.75, 3.05) is 13.1 Å². The molecule has 0 aromatic heterocycles. The predicted octanol–water partition coefficient (Wildman–Crippen LogP) is 1.30. The summed E-state index contributed by atoms with van der Waals surface area (Å²) in [6.07, 6.45) is 0.935. The van der Waals surface area contributed by atoms with E-state index in [0.29, 0.717) is 0 Å². The first-order chi connectivity index (χ1) is 6.77. The summed E-state index contributed by atoms with van der Waals surface area (Å²) in [6, 6.07) is 5.92. The van der Waals surface area contributed by atoms with Crippen LogP contribution in [0.5, 0.6) is 0 Å². The highest BCUT2D eigenvalue weighted by Crippen LogP contribution is 2.16. The molecule has 0 amide bonds. The van der Waals surface area contributed by atoms with Crippen LogP contribution >= 0.6 is 0 Å². The molecule has 1 unspecified atom stereocenters. The van der Waals surface area contributed by atoms with Gasteiger partial charge in [0.2, 0.25) is 0 Å². The molecule has 0 spiro atoms. The second-order valence-electron chi connectivity index (χ2n) is 3.37. The highest BCUT2D eigenvalue weighted by Gasteiger charge is 2.21. The summed E-state index contributed by atoms with van der Waals surface area (Å²) >= 11 is 0. The summed E-state index contributed by atoms with van der Waals surface area (Å²) in [7, 11) is -0.996. The Kier molecular flexibility index (Phi) is 2.93. The molecule has 1 aliphatic rings. The monoisotopic (exact) mass is 213 g/mol. The number of hydrogen-bond donors (Lipinski definition) is 1. The summed E-state index contributed by atoms with van der Waals surface area (Å²) in [5.41, 5.74) is 0. The smallest absolute Gasteiger partial charge is 0.123 e. The van der Waals surface area contributed by atoms with Crippen molar-refractivity contribution in [3.63, 3.8) is 0 Å². The van der Waals surface area contributed by atoms with Crippen molar-refractivity contribution < 1.29 is 8.60 Å². The number of rotatable bonds is 2. The van der Waals surface area contributed by atoms with Gasteiger partial charge in [0.1, 0.15) is 5.82 Å². The predicted molar refractivity (Wildman–Crippen MR) is 54.1 cm³/mol. The molecule has 0 aliphatic carbocycles. The van der Waals surface area contributed by atoms with Crippen LogP contribution in [0, 0.1) is 5.82 Å². The maximum atomic E-state index is 12.6. The van der Waals surface area contributed by atoms with Gasteiger partial charge in [-0.25, -0.2) is 4.39 Å². The lowest BCUT2D eigenvalue weighted by molar-refractivity contribution is 0.626. The number of nitrogens with one attached hydrogen (secondary N) is 1. The number of halogens is 1. The standard InChI is InChI=1S/C10H12FNOS/c11-8-1-3-9(4-2-8)14(13)10-5-6-12-7-10/h1-4,10,12H,5-7H2/t10-,14?/m0/s1. The Morgan fingerprint density at radius 3 is 2.64 bits per heavy atom. The van der Waals surface area contributed by atoms with E-state index in [-0.39, 0.29) is 11.1 Å². The minimum absolute atomic E-state index is 0.181. The quantitative estimate of drug-likeness (QED) is 0.802. The van der Waals surface area contributed by atoms with Gasteiger partial charge in [0.15, 0.2) is 0 Å². The highest BCUT2D eigenvalue weighted by molar-refractivity contribution is 7.85.